The van der Waals surface area contributed by atoms with Crippen molar-refractivity contribution in [1.29, 1.82) is 0 Å². The highest BCUT2D eigenvalue weighted by atomic mass is 16.5. The van der Waals surface area contributed by atoms with E-state index in [4.69, 9.17) is 14.2 Å². The van der Waals surface area contributed by atoms with Gasteiger partial charge < -0.3 is 24.2 Å². The summed E-state index contributed by atoms with van der Waals surface area (Å²) in [6.07, 6.45) is 0.882. The number of benzene rings is 1. The van der Waals surface area contributed by atoms with Gasteiger partial charge in [-0.3, -0.25) is 4.79 Å². The summed E-state index contributed by atoms with van der Waals surface area (Å²) in [6, 6.07) is 6.39. The highest BCUT2D eigenvalue weighted by Crippen LogP contribution is 2.22. The Morgan fingerprint density at radius 3 is 2.46 bits per heavy atom. The van der Waals surface area contributed by atoms with Gasteiger partial charge in [-0.05, 0) is 30.7 Å². The predicted octanol–water partition coefficient (Wildman–Crippen LogP) is 1.55. The number of carboxylic acid groups (broad SMARTS) is 1. The van der Waals surface area contributed by atoms with Gasteiger partial charge in [0, 0.05) is 26.5 Å². The number of amides is 1. The lowest BCUT2D eigenvalue weighted by Gasteiger charge is -2.21. The van der Waals surface area contributed by atoms with Crippen molar-refractivity contribution >= 4 is 11.9 Å². The van der Waals surface area contributed by atoms with Crippen LogP contribution in [0, 0.1) is 0 Å². The van der Waals surface area contributed by atoms with E-state index in [1.165, 1.54) is 12.0 Å². The first-order valence-corrected chi connectivity index (χ1v) is 7.87. The Morgan fingerprint density at radius 1 is 1.21 bits per heavy atom. The van der Waals surface area contributed by atoms with Crippen LogP contribution in [0.5, 0.6) is 11.5 Å². The summed E-state index contributed by atoms with van der Waals surface area (Å²) in [5.74, 6) is 0.281. The van der Waals surface area contributed by atoms with Crippen molar-refractivity contribution in [3.05, 3.63) is 24.3 Å². The number of carboxylic acids is 1. The summed E-state index contributed by atoms with van der Waals surface area (Å²) in [5, 5.41) is 9.22. The topological polar surface area (TPSA) is 85.3 Å². The van der Waals surface area contributed by atoms with Crippen molar-refractivity contribution in [2.75, 3.05) is 27.4 Å². The summed E-state index contributed by atoms with van der Waals surface area (Å²) >= 11 is 0. The lowest BCUT2D eigenvalue weighted by Crippen LogP contribution is -2.40. The molecule has 1 aromatic rings. The zero-order chi connectivity index (χ0) is 17.5. The Morgan fingerprint density at radius 2 is 1.88 bits per heavy atom. The van der Waals surface area contributed by atoms with Crippen LogP contribution in [0.25, 0.3) is 0 Å². The zero-order valence-corrected chi connectivity index (χ0v) is 13.9. The molecule has 0 bridgehead atoms. The molecule has 1 amide bonds. The Hall–Kier alpha value is -2.28. The molecule has 2 atom stereocenters. The third-order valence-electron chi connectivity index (χ3n) is 4.06. The average Bonchev–Trinajstić information content (AvgIpc) is 3.04. The van der Waals surface area contributed by atoms with Crippen LogP contribution in [0.3, 0.4) is 0 Å². The number of nitrogens with zero attached hydrogens (tertiary/aromatic N) is 1. The molecule has 2 unspecified atom stereocenters. The number of ether oxygens (including phenoxy) is 3. The SMILES string of the molecule is COc1ccc(OCCCC(=O)N2CC(OC)CC2C(=O)O)cc1. The van der Waals surface area contributed by atoms with Crippen LogP contribution in [0.1, 0.15) is 19.3 Å². The molecule has 1 aromatic carbocycles. The maximum Gasteiger partial charge on any atom is 0.326 e. The second-order valence-electron chi connectivity index (χ2n) is 5.62. The lowest BCUT2D eigenvalue weighted by molar-refractivity contribution is -0.148. The van der Waals surface area contributed by atoms with Gasteiger partial charge in [0.1, 0.15) is 17.5 Å². The zero-order valence-electron chi connectivity index (χ0n) is 13.9. The van der Waals surface area contributed by atoms with Crippen molar-refractivity contribution in [3.8, 4) is 11.5 Å². The Balaban J connectivity index is 1.76. The van der Waals surface area contributed by atoms with Gasteiger partial charge >= 0.3 is 5.97 Å². The van der Waals surface area contributed by atoms with Gasteiger partial charge in [-0.15, -0.1) is 0 Å². The molecule has 0 aromatic heterocycles. The number of aliphatic carboxylic acids is 1. The normalized spacial score (nSPS) is 20.0. The van der Waals surface area contributed by atoms with Crippen LogP contribution in [0.4, 0.5) is 0 Å². The van der Waals surface area contributed by atoms with Gasteiger partial charge in [0.15, 0.2) is 0 Å². The minimum Gasteiger partial charge on any atom is -0.497 e. The van der Waals surface area contributed by atoms with Crippen molar-refractivity contribution < 1.29 is 28.9 Å². The van der Waals surface area contributed by atoms with Crippen LogP contribution in [-0.4, -0.2) is 61.4 Å². The molecule has 0 aliphatic carbocycles. The highest BCUT2D eigenvalue weighted by molar-refractivity contribution is 5.84. The van der Waals surface area contributed by atoms with E-state index in [0.29, 0.717) is 31.7 Å². The molecular weight excluding hydrogens is 314 g/mol. The maximum absolute atomic E-state index is 12.3. The Kier molecular flexibility index (Phi) is 6.43. The summed E-state index contributed by atoms with van der Waals surface area (Å²) in [6.45, 7) is 0.711. The fourth-order valence-corrected chi connectivity index (χ4v) is 2.71. The Bertz CT molecular complexity index is 559. The van der Waals surface area contributed by atoms with E-state index in [1.54, 1.807) is 31.4 Å². The summed E-state index contributed by atoms with van der Waals surface area (Å²) in [4.78, 5) is 24.9. The molecule has 7 heteroatoms. The average molecular weight is 337 g/mol. The van der Waals surface area contributed by atoms with E-state index >= 15 is 0 Å². The van der Waals surface area contributed by atoms with Gasteiger partial charge in [0.05, 0.1) is 19.8 Å². The van der Waals surface area contributed by atoms with Crippen LogP contribution >= 0.6 is 0 Å². The second kappa shape index (κ2) is 8.54. The van der Waals surface area contributed by atoms with Crippen LogP contribution in [-0.2, 0) is 14.3 Å². The van der Waals surface area contributed by atoms with Crippen LogP contribution in [0.2, 0.25) is 0 Å². The van der Waals surface area contributed by atoms with E-state index in [2.05, 4.69) is 0 Å². The molecule has 0 spiro atoms. The number of hydrogen-bond donors (Lipinski definition) is 1. The molecular formula is C17H23NO6. The second-order valence-corrected chi connectivity index (χ2v) is 5.62. The van der Waals surface area contributed by atoms with E-state index in [1.807, 2.05) is 0 Å². The van der Waals surface area contributed by atoms with Crippen LogP contribution in [0.15, 0.2) is 24.3 Å². The minimum absolute atomic E-state index is 0.180. The molecule has 0 saturated carbocycles. The van der Waals surface area contributed by atoms with Crippen LogP contribution < -0.4 is 9.47 Å². The molecule has 1 saturated heterocycles. The largest absolute Gasteiger partial charge is 0.497 e. The number of carbonyl (C=O) groups is 2. The standard InChI is InChI=1S/C17H23NO6/c1-22-12-5-7-13(8-6-12)24-9-3-4-16(19)18-11-14(23-2)10-15(18)17(20)21/h5-8,14-15H,3-4,9-11H2,1-2H3,(H,20,21). The molecule has 132 valence electrons. The number of likely N-dealkylation sites (tertiary alicyclic amines) is 1. The monoisotopic (exact) mass is 337 g/mol. The van der Waals surface area contributed by atoms with Crippen molar-refractivity contribution in [3.63, 3.8) is 0 Å². The fourth-order valence-electron chi connectivity index (χ4n) is 2.71. The van der Waals surface area contributed by atoms with Gasteiger partial charge in [-0.25, -0.2) is 4.79 Å². The number of rotatable bonds is 8. The van der Waals surface area contributed by atoms with Gasteiger partial charge in [-0.1, -0.05) is 0 Å². The molecule has 7 nitrogen and oxygen atoms in total. The first-order valence-electron chi connectivity index (χ1n) is 7.87. The van der Waals surface area contributed by atoms with Gasteiger partial charge in [-0.2, -0.15) is 0 Å². The third kappa shape index (κ3) is 4.61. The molecule has 1 fully saturated rings. The summed E-state index contributed by atoms with van der Waals surface area (Å²) in [7, 11) is 3.12. The number of hydrogen-bond acceptors (Lipinski definition) is 5. The minimum atomic E-state index is -0.989. The number of methoxy groups -OCH3 is 2. The van der Waals surface area contributed by atoms with Gasteiger partial charge in [0.25, 0.3) is 0 Å². The quantitative estimate of drug-likeness (QED) is 0.725. The van der Waals surface area contributed by atoms with Crippen molar-refractivity contribution in [1.82, 2.24) is 4.90 Å². The molecule has 1 heterocycles. The number of carbonyl (C=O) groups excluding carboxylic acids is 1. The van der Waals surface area contributed by atoms with E-state index < -0.39 is 12.0 Å². The van der Waals surface area contributed by atoms with E-state index in [0.717, 1.165) is 5.75 Å². The van der Waals surface area contributed by atoms with Gasteiger partial charge in [0.2, 0.25) is 5.91 Å². The van der Waals surface area contributed by atoms with E-state index in [-0.39, 0.29) is 18.4 Å². The smallest absolute Gasteiger partial charge is 0.326 e. The first kappa shape index (κ1) is 18.1. The highest BCUT2D eigenvalue weighted by Gasteiger charge is 2.39. The maximum atomic E-state index is 12.3. The molecule has 0 radical (unpaired) electrons. The molecule has 1 aliphatic heterocycles. The third-order valence-corrected chi connectivity index (χ3v) is 4.06. The van der Waals surface area contributed by atoms with Crippen molar-refractivity contribution in [2.24, 2.45) is 0 Å². The first-order chi connectivity index (χ1) is 11.5. The Labute approximate surface area is 141 Å². The fraction of sp³-hybridized carbons (Fsp3) is 0.529. The molecule has 24 heavy (non-hydrogen) atoms. The molecule has 1 N–H and O–H groups in total. The predicted molar refractivity (Wildman–Crippen MR) is 86.3 cm³/mol. The lowest BCUT2D eigenvalue weighted by atomic mass is 10.2. The summed E-state index contributed by atoms with van der Waals surface area (Å²) < 4.78 is 15.8. The van der Waals surface area contributed by atoms with E-state index in [9.17, 15) is 14.7 Å². The summed E-state index contributed by atoms with van der Waals surface area (Å²) in [5.41, 5.74) is 0. The van der Waals surface area contributed by atoms with Crippen molar-refractivity contribution in [2.45, 2.75) is 31.4 Å². The molecule has 1 aliphatic rings. The molecule has 2 rings (SSSR count).